The van der Waals surface area contributed by atoms with Gasteiger partial charge in [0.05, 0.1) is 6.04 Å². The van der Waals surface area contributed by atoms with Crippen molar-refractivity contribution in [3.8, 4) is 0 Å². The molecular weight excluding hydrogens is 164 g/mol. The molecule has 0 aliphatic carbocycles. The molecule has 1 rings (SSSR count). The van der Waals surface area contributed by atoms with E-state index in [9.17, 15) is 4.79 Å². The second-order valence-electron chi connectivity index (χ2n) is 4.27. The Morgan fingerprint density at radius 3 is 2.38 bits per heavy atom. The van der Waals surface area contributed by atoms with E-state index in [4.69, 9.17) is 5.73 Å². The maximum Gasteiger partial charge on any atom is 0.239 e. The number of amides is 1. The van der Waals surface area contributed by atoms with Crippen LogP contribution in [0.4, 0.5) is 0 Å². The zero-order valence-corrected chi connectivity index (χ0v) is 8.62. The van der Waals surface area contributed by atoms with Crippen molar-refractivity contribution in [3.63, 3.8) is 0 Å². The van der Waals surface area contributed by atoms with Crippen molar-refractivity contribution in [3.05, 3.63) is 0 Å². The lowest BCUT2D eigenvalue weighted by atomic mass is 10.0. The molecule has 0 aromatic rings. The zero-order valence-electron chi connectivity index (χ0n) is 8.62. The Balaban J connectivity index is 2.36. The molecule has 0 aromatic carbocycles. The van der Waals surface area contributed by atoms with Crippen molar-refractivity contribution in [2.75, 3.05) is 13.1 Å². The number of likely N-dealkylation sites (tertiary alicyclic amines) is 1. The molecule has 1 amide bonds. The normalized spacial score (nSPS) is 19.5. The molecular formula is C10H20N2O. The molecule has 0 saturated carbocycles. The molecule has 1 atom stereocenters. The summed E-state index contributed by atoms with van der Waals surface area (Å²) in [5.41, 5.74) is 5.81. The predicted octanol–water partition coefficient (Wildman–Crippen LogP) is 0.982. The number of hydrogen-bond donors (Lipinski definition) is 1. The van der Waals surface area contributed by atoms with Crippen molar-refractivity contribution in [1.29, 1.82) is 0 Å². The summed E-state index contributed by atoms with van der Waals surface area (Å²) in [5.74, 6) is 0.646. The molecule has 2 N–H and O–H groups in total. The molecule has 3 nitrogen and oxygen atoms in total. The molecule has 0 unspecified atom stereocenters. The van der Waals surface area contributed by atoms with Gasteiger partial charge < -0.3 is 10.6 Å². The Morgan fingerprint density at radius 1 is 1.38 bits per heavy atom. The molecule has 3 heteroatoms. The largest absolute Gasteiger partial charge is 0.341 e. The molecule has 0 radical (unpaired) electrons. The summed E-state index contributed by atoms with van der Waals surface area (Å²) < 4.78 is 0. The third-order valence-electron chi connectivity index (χ3n) is 2.46. The first-order chi connectivity index (χ1) is 6.11. The van der Waals surface area contributed by atoms with Gasteiger partial charge in [0.15, 0.2) is 0 Å². The minimum Gasteiger partial charge on any atom is -0.341 e. The highest BCUT2D eigenvalue weighted by molar-refractivity contribution is 5.81. The van der Waals surface area contributed by atoms with Gasteiger partial charge in [-0.1, -0.05) is 13.8 Å². The van der Waals surface area contributed by atoms with Crippen molar-refractivity contribution >= 4 is 5.91 Å². The quantitative estimate of drug-likeness (QED) is 0.710. The molecule has 0 bridgehead atoms. The van der Waals surface area contributed by atoms with Gasteiger partial charge in [0.2, 0.25) is 5.91 Å². The molecule has 1 aliphatic heterocycles. The van der Waals surface area contributed by atoms with Gasteiger partial charge in [-0.05, 0) is 25.2 Å². The molecule has 1 fully saturated rings. The van der Waals surface area contributed by atoms with Gasteiger partial charge >= 0.3 is 0 Å². The van der Waals surface area contributed by atoms with E-state index in [2.05, 4.69) is 13.8 Å². The van der Waals surface area contributed by atoms with Crippen LogP contribution in [-0.4, -0.2) is 29.9 Å². The Bertz CT molecular complexity index is 174. The zero-order chi connectivity index (χ0) is 9.84. The fraction of sp³-hybridized carbons (Fsp3) is 0.900. The van der Waals surface area contributed by atoms with E-state index in [1.807, 2.05) is 4.90 Å². The van der Waals surface area contributed by atoms with Crippen LogP contribution in [0.2, 0.25) is 0 Å². The second-order valence-corrected chi connectivity index (χ2v) is 4.27. The summed E-state index contributed by atoms with van der Waals surface area (Å²) in [7, 11) is 0. The minimum atomic E-state index is -0.280. The minimum absolute atomic E-state index is 0.145. The highest BCUT2D eigenvalue weighted by Gasteiger charge is 2.23. The van der Waals surface area contributed by atoms with Gasteiger partial charge in [0.25, 0.3) is 0 Å². The first-order valence-corrected chi connectivity index (χ1v) is 5.15. The number of rotatable bonds is 3. The number of carbonyl (C=O) groups is 1. The van der Waals surface area contributed by atoms with Crippen molar-refractivity contribution in [2.24, 2.45) is 11.7 Å². The lowest BCUT2D eigenvalue weighted by molar-refractivity contribution is -0.131. The summed E-state index contributed by atoms with van der Waals surface area (Å²) >= 11 is 0. The summed E-state index contributed by atoms with van der Waals surface area (Å²) in [6, 6.07) is -0.280. The fourth-order valence-electron chi connectivity index (χ4n) is 1.78. The van der Waals surface area contributed by atoms with E-state index in [0.29, 0.717) is 5.92 Å². The molecule has 0 aromatic heterocycles. The van der Waals surface area contributed by atoms with Crippen LogP contribution in [0.25, 0.3) is 0 Å². The lowest BCUT2D eigenvalue weighted by Crippen LogP contribution is -2.42. The van der Waals surface area contributed by atoms with E-state index in [1.165, 1.54) is 0 Å². The highest BCUT2D eigenvalue weighted by atomic mass is 16.2. The van der Waals surface area contributed by atoms with Gasteiger partial charge in [-0.25, -0.2) is 0 Å². The Hall–Kier alpha value is -0.570. The fourth-order valence-corrected chi connectivity index (χ4v) is 1.78. The van der Waals surface area contributed by atoms with Gasteiger partial charge in [-0.2, -0.15) is 0 Å². The summed E-state index contributed by atoms with van der Waals surface area (Å²) in [4.78, 5) is 13.6. The summed E-state index contributed by atoms with van der Waals surface area (Å²) in [6.45, 7) is 6.00. The number of hydrogen-bond acceptors (Lipinski definition) is 2. The highest BCUT2D eigenvalue weighted by Crippen LogP contribution is 2.11. The first-order valence-electron chi connectivity index (χ1n) is 5.15. The molecule has 1 heterocycles. The third kappa shape index (κ3) is 2.99. The van der Waals surface area contributed by atoms with E-state index in [-0.39, 0.29) is 11.9 Å². The molecule has 0 spiro atoms. The Labute approximate surface area is 80.3 Å². The standard InChI is InChI=1S/C10H20N2O/c1-8(2)7-9(11)10(13)12-5-3-4-6-12/h8-9H,3-7,11H2,1-2H3/t9-/m1/s1. The van der Waals surface area contributed by atoms with Crippen LogP contribution in [0.15, 0.2) is 0 Å². The lowest BCUT2D eigenvalue weighted by Gasteiger charge is -2.21. The van der Waals surface area contributed by atoms with Crippen LogP contribution >= 0.6 is 0 Å². The summed E-state index contributed by atoms with van der Waals surface area (Å²) in [5, 5.41) is 0. The third-order valence-corrected chi connectivity index (χ3v) is 2.46. The van der Waals surface area contributed by atoms with E-state index >= 15 is 0 Å². The molecule has 1 aliphatic rings. The van der Waals surface area contributed by atoms with Gasteiger partial charge in [-0.15, -0.1) is 0 Å². The monoisotopic (exact) mass is 184 g/mol. The molecule has 13 heavy (non-hydrogen) atoms. The van der Waals surface area contributed by atoms with Crippen molar-refractivity contribution in [1.82, 2.24) is 4.90 Å². The van der Waals surface area contributed by atoms with Crippen molar-refractivity contribution in [2.45, 2.75) is 39.2 Å². The van der Waals surface area contributed by atoms with Gasteiger partial charge in [0, 0.05) is 13.1 Å². The SMILES string of the molecule is CC(C)C[C@@H](N)C(=O)N1CCCC1. The van der Waals surface area contributed by atoms with Crippen molar-refractivity contribution < 1.29 is 4.79 Å². The Kier molecular flexibility index (Phi) is 3.72. The first kappa shape index (κ1) is 10.5. The van der Waals surface area contributed by atoms with Crippen LogP contribution < -0.4 is 5.73 Å². The van der Waals surface area contributed by atoms with Crippen LogP contribution in [0.1, 0.15) is 33.1 Å². The summed E-state index contributed by atoms with van der Waals surface area (Å²) in [6.07, 6.45) is 3.08. The smallest absolute Gasteiger partial charge is 0.239 e. The van der Waals surface area contributed by atoms with E-state index < -0.39 is 0 Å². The van der Waals surface area contributed by atoms with E-state index in [1.54, 1.807) is 0 Å². The Morgan fingerprint density at radius 2 is 1.92 bits per heavy atom. The average molecular weight is 184 g/mol. The number of nitrogens with two attached hydrogens (primary N) is 1. The maximum absolute atomic E-state index is 11.7. The van der Waals surface area contributed by atoms with Gasteiger partial charge in [0.1, 0.15) is 0 Å². The maximum atomic E-state index is 11.7. The number of carbonyl (C=O) groups excluding carboxylic acids is 1. The van der Waals surface area contributed by atoms with Gasteiger partial charge in [-0.3, -0.25) is 4.79 Å². The predicted molar refractivity (Wildman–Crippen MR) is 53.2 cm³/mol. The van der Waals surface area contributed by atoms with Crippen LogP contribution in [0.3, 0.4) is 0 Å². The van der Waals surface area contributed by atoms with E-state index in [0.717, 1.165) is 32.4 Å². The second kappa shape index (κ2) is 4.61. The van der Waals surface area contributed by atoms with Crippen LogP contribution in [0.5, 0.6) is 0 Å². The average Bonchev–Trinajstić information content (AvgIpc) is 2.53. The molecule has 76 valence electrons. The molecule has 1 saturated heterocycles. The van der Waals surface area contributed by atoms with Crippen LogP contribution in [-0.2, 0) is 4.79 Å². The number of nitrogens with zero attached hydrogens (tertiary/aromatic N) is 1. The van der Waals surface area contributed by atoms with Crippen LogP contribution in [0, 0.1) is 5.92 Å². The topological polar surface area (TPSA) is 46.3 Å².